The van der Waals surface area contributed by atoms with Gasteiger partial charge in [-0.15, -0.1) is 0 Å². The lowest BCUT2D eigenvalue weighted by Gasteiger charge is -1.93. The van der Waals surface area contributed by atoms with Crippen LogP contribution in [0.15, 0.2) is 24.3 Å². The molecule has 2 aromatic rings. The van der Waals surface area contributed by atoms with Gasteiger partial charge < -0.3 is 10.3 Å². The molecule has 3 heteroatoms. The fraction of sp³-hybridized carbons (Fsp3) is 0.364. The third-order valence-electron chi connectivity index (χ3n) is 2.34. The maximum atomic E-state index is 4.52. The second-order valence-electron chi connectivity index (χ2n) is 3.50. The van der Waals surface area contributed by atoms with Crippen molar-refractivity contribution in [2.24, 2.45) is 0 Å². The SMILES string of the molecule is C[NH2+]CCCc1nc2ccccc2[nH]1. The third-order valence-corrected chi connectivity index (χ3v) is 2.34. The number of benzene rings is 1. The van der Waals surface area contributed by atoms with E-state index in [2.05, 4.69) is 28.4 Å². The molecule has 0 spiro atoms. The maximum Gasteiger partial charge on any atom is 0.107 e. The van der Waals surface area contributed by atoms with Crippen molar-refractivity contribution >= 4 is 11.0 Å². The Morgan fingerprint density at radius 1 is 1.36 bits per heavy atom. The first-order valence-electron chi connectivity index (χ1n) is 5.11. The van der Waals surface area contributed by atoms with Gasteiger partial charge in [-0.25, -0.2) is 4.98 Å². The molecule has 0 fully saturated rings. The molecule has 1 aromatic carbocycles. The number of nitrogens with two attached hydrogens (primary N) is 1. The van der Waals surface area contributed by atoms with Gasteiger partial charge >= 0.3 is 0 Å². The molecule has 14 heavy (non-hydrogen) atoms. The van der Waals surface area contributed by atoms with Crippen LogP contribution < -0.4 is 5.32 Å². The molecule has 0 saturated heterocycles. The number of rotatable bonds is 4. The average Bonchev–Trinajstić information content (AvgIpc) is 2.60. The number of nitrogens with zero attached hydrogens (tertiary/aromatic N) is 1. The van der Waals surface area contributed by atoms with Gasteiger partial charge in [-0.2, -0.15) is 0 Å². The predicted octanol–water partition coefficient (Wildman–Crippen LogP) is 0.689. The molecule has 0 amide bonds. The first-order valence-corrected chi connectivity index (χ1v) is 5.11. The summed E-state index contributed by atoms with van der Waals surface area (Å²) in [5.41, 5.74) is 2.21. The Labute approximate surface area is 83.6 Å². The van der Waals surface area contributed by atoms with Crippen LogP contribution in [0.4, 0.5) is 0 Å². The van der Waals surface area contributed by atoms with E-state index in [0.717, 1.165) is 29.8 Å². The third kappa shape index (κ3) is 1.93. The van der Waals surface area contributed by atoms with Crippen molar-refractivity contribution in [3.63, 3.8) is 0 Å². The molecule has 3 nitrogen and oxygen atoms in total. The van der Waals surface area contributed by atoms with Crippen LogP contribution in [0.1, 0.15) is 12.2 Å². The quantitative estimate of drug-likeness (QED) is 0.684. The second kappa shape index (κ2) is 4.24. The summed E-state index contributed by atoms with van der Waals surface area (Å²) in [6.07, 6.45) is 2.22. The Bertz CT molecular complexity index is 373. The van der Waals surface area contributed by atoms with Crippen LogP contribution in [0.2, 0.25) is 0 Å². The largest absolute Gasteiger partial charge is 0.349 e. The van der Waals surface area contributed by atoms with E-state index in [1.807, 2.05) is 18.2 Å². The fourth-order valence-electron chi connectivity index (χ4n) is 1.60. The highest BCUT2D eigenvalue weighted by molar-refractivity contribution is 5.74. The normalized spacial score (nSPS) is 10.9. The van der Waals surface area contributed by atoms with E-state index >= 15 is 0 Å². The lowest BCUT2D eigenvalue weighted by molar-refractivity contribution is -0.627. The number of imidazole rings is 1. The molecule has 0 unspecified atom stereocenters. The molecule has 0 atom stereocenters. The van der Waals surface area contributed by atoms with Crippen molar-refractivity contribution in [1.82, 2.24) is 9.97 Å². The Balaban J connectivity index is 2.11. The summed E-state index contributed by atoms with van der Waals surface area (Å²) in [5.74, 6) is 1.10. The van der Waals surface area contributed by atoms with Crippen LogP contribution in [-0.2, 0) is 6.42 Å². The minimum atomic E-state index is 1.04. The number of H-pyrrole nitrogens is 1. The monoisotopic (exact) mass is 190 g/mol. The van der Waals surface area contributed by atoms with Gasteiger partial charge in [0.2, 0.25) is 0 Å². The average molecular weight is 190 g/mol. The molecule has 1 aromatic heterocycles. The van der Waals surface area contributed by atoms with Gasteiger partial charge in [0.05, 0.1) is 24.6 Å². The lowest BCUT2D eigenvalue weighted by atomic mass is 10.3. The van der Waals surface area contributed by atoms with Crippen molar-refractivity contribution < 1.29 is 5.32 Å². The van der Waals surface area contributed by atoms with Crippen LogP contribution in [0.5, 0.6) is 0 Å². The van der Waals surface area contributed by atoms with E-state index in [9.17, 15) is 0 Å². The van der Waals surface area contributed by atoms with Gasteiger partial charge in [-0.1, -0.05) is 12.1 Å². The molecule has 0 aliphatic heterocycles. The lowest BCUT2D eigenvalue weighted by Crippen LogP contribution is -2.79. The zero-order valence-electron chi connectivity index (χ0n) is 8.46. The van der Waals surface area contributed by atoms with Crippen molar-refractivity contribution in [1.29, 1.82) is 0 Å². The molecule has 0 aliphatic rings. The number of aromatic nitrogens is 2. The van der Waals surface area contributed by atoms with Crippen LogP contribution in [0.3, 0.4) is 0 Å². The highest BCUT2D eigenvalue weighted by Crippen LogP contribution is 2.10. The molecule has 0 radical (unpaired) electrons. The van der Waals surface area contributed by atoms with E-state index in [1.54, 1.807) is 0 Å². The zero-order chi connectivity index (χ0) is 9.80. The predicted molar refractivity (Wildman–Crippen MR) is 57.1 cm³/mol. The van der Waals surface area contributed by atoms with Gasteiger partial charge in [-0.05, 0) is 12.1 Å². The number of nitrogens with one attached hydrogen (secondary N) is 1. The van der Waals surface area contributed by atoms with Gasteiger partial charge in [0.15, 0.2) is 0 Å². The van der Waals surface area contributed by atoms with Crippen molar-refractivity contribution in [2.45, 2.75) is 12.8 Å². The van der Waals surface area contributed by atoms with E-state index in [1.165, 1.54) is 6.42 Å². The maximum absolute atomic E-state index is 4.52. The Morgan fingerprint density at radius 3 is 3.00 bits per heavy atom. The zero-order valence-corrected chi connectivity index (χ0v) is 8.46. The summed E-state index contributed by atoms with van der Waals surface area (Å²) < 4.78 is 0. The van der Waals surface area contributed by atoms with Crippen LogP contribution >= 0.6 is 0 Å². The van der Waals surface area contributed by atoms with Crippen LogP contribution in [0.25, 0.3) is 11.0 Å². The van der Waals surface area contributed by atoms with E-state index < -0.39 is 0 Å². The number of aromatic amines is 1. The number of fused-ring (bicyclic) bond motifs is 1. The van der Waals surface area contributed by atoms with Crippen LogP contribution in [-0.4, -0.2) is 23.6 Å². The summed E-state index contributed by atoms with van der Waals surface area (Å²) in [6, 6.07) is 8.16. The van der Waals surface area contributed by atoms with Gasteiger partial charge in [0.1, 0.15) is 5.82 Å². The van der Waals surface area contributed by atoms with Gasteiger partial charge in [0.25, 0.3) is 0 Å². The minimum absolute atomic E-state index is 1.04. The summed E-state index contributed by atoms with van der Waals surface area (Å²) >= 11 is 0. The molecule has 0 bridgehead atoms. The molecule has 0 saturated carbocycles. The minimum Gasteiger partial charge on any atom is -0.349 e. The summed E-state index contributed by atoms with van der Waals surface area (Å²) in [7, 11) is 2.10. The number of hydrogen-bond donors (Lipinski definition) is 2. The number of hydrogen-bond acceptors (Lipinski definition) is 1. The smallest absolute Gasteiger partial charge is 0.107 e. The first-order chi connectivity index (χ1) is 6.90. The summed E-state index contributed by atoms with van der Waals surface area (Å²) in [5, 5.41) is 2.20. The van der Waals surface area contributed by atoms with Crippen molar-refractivity contribution in [3.8, 4) is 0 Å². The second-order valence-corrected chi connectivity index (χ2v) is 3.50. The highest BCUT2D eigenvalue weighted by atomic mass is 14.9. The molecule has 74 valence electrons. The highest BCUT2D eigenvalue weighted by Gasteiger charge is 2.00. The standard InChI is InChI=1S/C11H15N3/c1-12-8-4-7-11-13-9-5-2-3-6-10(9)14-11/h2-3,5-6,12H,4,7-8H2,1H3,(H,13,14)/p+1. The Morgan fingerprint density at radius 2 is 2.21 bits per heavy atom. The van der Waals surface area contributed by atoms with E-state index in [0.29, 0.717) is 0 Å². The number of quaternary nitrogens is 1. The molecular formula is C11H16N3+. The number of aryl methyl sites for hydroxylation is 1. The van der Waals surface area contributed by atoms with Gasteiger partial charge in [0, 0.05) is 12.8 Å². The molecular weight excluding hydrogens is 174 g/mol. The topological polar surface area (TPSA) is 45.3 Å². The molecule has 0 aliphatic carbocycles. The summed E-state index contributed by atoms with van der Waals surface area (Å²) in [4.78, 5) is 7.84. The van der Waals surface area contributed by atoms with E-state index in [4.69, 9.17) is 0 Å². The van der Waals surface area contributed by atoms with Crippen LogP contribution in [0, 0.1) is 0 Å². The molecule has 1 heterocycles. The van der Waals surface area contributed by atoms with Crippen molar-refractivity contribution in [3.05, 3.63) is 30.1 Å². The van der Waals surface area contributed by atoms with Crippen molar-refractivity contribution in [2.75, 3.05) is 13.6 Å². The molecule has 3 N–H and O–H groups in total. The van der Waals surface area contributed by atoms with E-state index in [-0.39, 0.29) is 0 Å². The Kier molecular flexibility index (Phi) is 2.79. The fourth-order valence-corrected chi connectivity index (χ4v) is 1.60. The Hall–Kier alpha value is -1.35. The van der Waals surface area contributed by atoms with Gasteiger partial charge in [-0.3, -0.25) is 0 Å². The molecule has 2 rings (SSSR count). The number of para-hydroxylation sites is 2. The first kappa shape index (κ1) is 9.21. The summed E-state index contributed by atoms with van der Waals surface area (Å²) in [6.45, 7) is 1.16.